The normalized spacial score (nSPS) is 18.7. The highest BCUT2D eigenvalue weighted by Gasteiger charge is 2.32. The van der Waals surface area contributed by atoms with E-state index in [4.69, 9.17) is 4.74 Å². The number of nitrogens with zero attached hydrogens (tertiary/aromatic N) is 4. The predicted molar refractivity (Wildman–Crippen MR) is 119 cm³/mol. The molecule has 2 aromatic heterocycles. The van der Waals surface area contributed by atoms with Crippen molar-refractivity contribution in [2.75, 3.05) is 31.2 Å². The number of alkyl halides is 4. The molecule has 0 saturated carbocycles. The second-order valence-corrected chi connectivity index (χ2v) is 8.48. The van der Waals surface area contributed by atoms with Crippen molar-refractivity contribution < 1.29 is 27.1 Å². The van der Waals surface area contributed by atoms with E-state index in [9.17, 15) is 22.4 Å². The number of pyridine rings is 1. The third-order valence-electron chi connectivity index (χ3n) is 6.20. The van der Waals surface area contributed by atoms with Gasteiger partial charge in [-0.3, -0.25) is 10.00 Å². The molecule has 35 heavy (non-hydrogen) atoms. The van der Waals surface area contributed by atoms with Crippen molar-refractivity contribution >= 4 is 11.9 Å². The van der Waals surface area contributed by atoms with Gasteiger partial charge in [0.05, 0.1) is 23.5 Å². The van der Waals surface area contributed by atoms with Gasteiger partial charge in [0.25, 0.3) is 0 Å². The van der Waals surface area contributed by atoms with Gasteiger partial charge >= 0.3 is 12.3 Å². The smallest absolute Gasteiger partial charge is 0.410 e. The van der Waals surface area contributed by atoms with Crippen LogP contribution in [0.15, 0.2) is 42.7 Å². The highest BCUT2D eigenvalue weighted by atomic mass is 19.4. The van der Waals surface area contributed by atoms with Gasteiger partial charge < -0.3 is 15.0 Å². The minimum Gasteiger partial charge on any atom is -0.410 e. The van der Waals surface area contributed by atoms with Gasteiger partial charge in [-0.25, -0.2) is 14.2 Å². The minimum absolute atomic E-state index is 0.327. The zero-order chi connectivity index (χ0) is 24.6. The van der Waals surface area contributed by atoms with Crippen LogP contribution in [0.5, 0.6) is 5.75 Å². The molecule has 0 aliphatic carbocycles. The van der Waals surface area contributed by atoms with E-state index in [1.54, 1.807) is 17.2 Å². The Balaban J connectivity index is 1.28. The lowest BCUT2D eigenvalue weighted by molar-refractivity contribution is -0.137. The van der Waals surface area contributed by atoms with E-state index in [1.807, 2.05) is 12.1 Å². The number of nitrogens with one attached hydrogen (secondary N) is 2. The molecule has 2 aliphatic rings. The second kappa shape index (κ2) is 9.17. The fourth-order valence-corrected chi connectivity index (χ4v) is 4.42. The number of fused-ring (bicyclic) bond motifs is 1. The molecule has 2 N–H and O–H groups in total. The molecule has 184 valence electrons. The Hall–Kier alpha value is -3.67. The largest absolute Gasteiger partial charge is 0.417 e. The van der Waals surface area contributed by atoms with Gasteiger partial charge in [0.1, 0.15) is 18.2 Å². The first-order valence-corrected chi connectivity index (χ1v) is 11.0. The number of ether oxygens (including phenoxy) is 1. The lowest BCUT2D eigenvalue weighted by atomic mass is 10.0. The summed E-state index contributed by atoms with van der Waals surface area (Å²) in [6.45, 7) is 1.61. The summed E-state index contributed by atoms with van der Waals surface area (Å²) in [5, 5.41) is 9.83. The molecule has 0 bridgehead atoms. The van der Waals surface area contributed by atoms with E-state index >= 15 is 0 Å². The maximum atomic E-state index is 13.9. The highest BCUT2D eigenvalue weighted by Crippen LogP contribution is 2.32. The van der Waals surface area contributed by atoms with Crippen molar-refractivity contribution in [3.8, 4) is 17.0 Å². The molecule has 1 amide bonds. The molecule has 3 aromatic rings. The average Bonchev–Trinajstić information content (AvgIpc) is 3.31. The van der Waals surface area contributed by atoms with Crippen LogP contribution in [-0.2, 0) is 19.3 Å². The van der Waals surface area contributed by atoms with E-state index < -0.39 is 30.5 Å². The van der Waals surface area contributed by atoms with E-state index in [0.717, 1.165) is 34.6 Å². The molecule has 1 aromatic carbocycles. The molecular weight excluding hydrogens is 468 g/mol. The standard InChI is InChI=1S/C23H22F4N6O2/c24-8-18-13-32(5-6-33(18)20-4-2-17(11-28-20)23(25,26)27)12-16-10-30-31-21(16)14-1-3-19-15(7-14)9-29-22(34)35-19/h1-4,7,10-11,18H,5-6,8-9,12-13H2,(H,29,34)(H,30,31). The van der Waals surface area contributed by atoms with E-state index in [2.05, 4.69) is 25.4 Å². The van der Waals surface area contributed by atoms with Crippen LogP contribution in [0.3, 0.4) is 0 Å². The molecule has 1 unspecified atom stereocenters. The van der Waals surface area contributed by atoms with Crippen LogP contribution in [0.1, 0.15) is 16.7 Å². The molecule has 8 nitrogen and oxygen atoms in total. The predicted octanol–water partition coefficient (Wildman–Crippen LogP) is 3.75. The number of anilines is 1. The monoisotopic (exact) mass is 490 g/mol. The third-order valence-corrected chi connectivity index (χ3v) is 6.20. The number of hydrogen-bond donors (Lipinski definition) is 2. The summed E-state index contributed by atoms with van der Waals surface area (Å²) in [5.41, 5.74) is 2.63. The highest BCUT2D eigenvalue weighted by molar-refractivity contribution is 5.74. The number of piperazine rings is 1. The number of rotatable bonds is 5. The Morgan fingerprint density at radius 1 is 1.14 bits per heavy atom. The van der Waals surface area contributed by atoms with E-state index in [-0.39, 0.29) is 0 Å². The van der Waals surface area contributed by atoms with Gasteiger partial charge in [0, 0.05) is 55.6 Å². The molecule has 1 atom stereocenters. The average molecular weight is 490 g/mol. The van der Waals surface area contributed by atoms with E-state index in [0.29, 0.717) is 44.3 Å². The van der Waals surface area contributed by atoms with Crippen LogP contribution in [0, 0.1) is 0 Å². The Morgan fingerprint density at radius 2 is 2.00 bits per heavy atom. The summed E-state index contributed by atoms with van der Waals surface area (Å²) < 4.78 is 57.6. The number of aromatic nitrogens is 3. The Labute approximate surface area is 197 Å². The van der Waals surface area contributed by atoms with Crippen molar-refractivity contribution in [1.29, 1.82) is 0 Å². The zero-order valence-corrected chi connectivity index (χ0v) is 18.5. The molecule has 2 aliphatic heterocycles. The zero-order valence-electron chi connectivity index (χ0n) is 18.5. The quantitative estimate of drug-likeness (QED) is 0.530. The van der Waals surface area contributed by atoms with Gasteiger partial charge in [-0.05, 0) is 30.3 Å². The fraction of sp³-hybridized carbons (Fsp3) is 0.348. The van der Waals surface area contributed by atoms with Gasteiger partial charge in [-0.1, -0.05) is 0 Å². The number of halogens is 4. The van der Waals surface area contributed by atoms with Crippen molar-refractivity contribution in [1.82, 2.24) is 25.4 Å². The topological polar surface area (TPSA) is 86.4 Å². The van der Waals surface area contributed by atoms with Crippen LogP contribution in [0.4, 0.5) is 28.2 Å². The van der Waals surface area contributed by atoms with Crippen LogP contribution >= 0.6 is 0 Å². The molecule has 4 heterocycles. The number of amides is 1. The molecule has 0 spiro atoms. The Kier molecular flexibility index (Phi) is 6.05. The van der Waals surface area contributed by atoms with Crippen molar-refractivity contribution in [2.24, 2.45) is 0 Å². The van der Waals surface area contributed by atoms with Crippen molar-refractivity contribution in [3.63, 3.8) is 0 Å². The van der Waals surface area contributed by atoms with Crippen LogP contribution in [0.25, 0.3) is 11.3 Å². The van der Waals surface area contributed by atoms with Crippen LogP contribution < -0.4 is 15.0 Å². The number of carbonyl (C=O) groups excluding carboxylic acids is 1. The van der Waals surface area contributed by atoms with Crippen LogP contribution in [-0.4, -0.2) is 58.5 Å². The summed E-state index contributed by atoms with van der Waals surface area (Å²) in [4.78, 5) is 19.1. The maximum Gasteiger partial charge on any atom is 0.417 e. The summed E-state index contributed by atoms with van der Waals surface area (Å²) in [6, 6.07) is 7.22. The third kappa shape index (κ3) is 4.78. The van der Waals surface area contributed by atoms with Gasteiger partial charge in [-0.2, -0.15) is 18.3 Å². The first-order chi connectivity index (χ1) is 16.8. The number of H-pyrrole nitrogens is 1. The molecule has 1 saturated heterocycles. The first-order valence-electron chi connectivity index (χ1n) is 11.0. The molecule has 0 radical (unpaired) electrons. The number of carbonyl (C=O) groups is 1. The Bertz CT molecular complexity index is 1210. The molecular formula is C23H22F4N6O2. The number of benzene rings is 1. The maximum absolute atomic E-state index is 13.9. The van der Waals surface area contributed by atoms with Crippen molar-refractivity contribution in [3.05, 3.63) is 59.4 Å². The second-order valence-electron chi connectivity index (χ2n) is 8.48. The first kappa shape index (κ1) is 23.1. The number of aromatic amines is 1. The summed E-state index contributed by atoms with van der Waals surface area (Å²) >= 11 is 0. The van der Waals surface area contributed by atoms with E-state index in [1.165, 1.54) is 6.07 Å². The van der Waals surface area contributed by atoms with Gasteiger partial charge in [0.2, 0.25) is 0 Å². The lowest BCUT2D eigenvalue weighted by Gasteiger charge is -2.41. The van der Waals surface area contributed by atoms with Crippen molar-refractivity contribution in [2.45, 2.75) is 25.3 Å². The Morgan fingerprint density at radius 3 is 2.74 bits per heavy atom. The summed E-state index contributed by atoms with van der Waals surface area (Å²) in [6.07, 6.45) is -2.45. The van der Waals surface area contributed by atoms with Gasteiger partial charge in [-0.15, -0.1) is 0 Å². The molecule has 5 rings (SSSR count). The van der Waals surface area contributed by atoms with Crippen LogP contribution in [0.2, 0.25) is 0 Å². The lowest BCUT2D eigenvalue weighted by Crippen LogP contribution is -2.54. The molecule has 1 fully saturated rings. The van der Waals surface area contributed by atoms with Gasteiger partial charge in [0.15, 0.2) is 0 Å². The SMILES string of the molecule is O=C1NCc2cc(-c3[nH]ncc3CN3CCN(c4ccc(C(F)(F)F)cn4)C(CF)C3)ccc2O1. The summed E-state index contributed by atoms with van der Waals surface area (Å²) in [7, 11) is 0. The molecule has 12 heteroatoms. The minimum atomic E-state index is -4.47. The summed E-state index contributed by atoms with van der Waals surface area (Å²) in [5.74, 6) is 0.838. The fourth-order valence-electron chi connectivity index (χ4n) is 4.42. The number of hydrogen-bond acceptors (Lipinski definition) is 6.